The van der Waals surface area contributed by atoms with E-state index in [4.69, 9.17) is 4.42 Å². The number of hydrogen-bond donors (Lipinski definition) is 0. The van der Waals surface area contributed by atoms with Gasteiger partial charge in [-0.05, 0) is 66.2 Å². The molecular formula is C42H28N2O. The summed E-state index contributed by atoms with van der Waals surface area (Å²) in [6, 6.07) is 60.2. The fraction of sp³-hybridized carbons (Fsp3) is 0. The second kappa shape index (κ2) is 10.3. The third kappa shape index (κ3) is 4.13. The van der Waals surface area contributed by atoms with Crippen molar-refractivity contribution >= 4 is 60.8 Å². The summed E-state index contributed by atoms with van der Waals surface area (Å²) in [7, 11) is 0. The van der Waals surface area contributed by atoms with E-state index in [-0.39, 0.29) is 0 Å². The molecule has 0 spiro atoms. The van der Waals surface area contributed by atoms with Crippen LogP contribution in [0.2, 0.25) is 0 Å². The summed E-state index contributed by atoms with van der Waals surface area (Å²) in [6.07, 6.45) is 0. The van der Waals surface area contributed by atoms with Crippen molar-refractivity contribution in [2.75, 3.05) is 4.90 Å². The molecule has 0 bridgehead atoms. The third-order valence-electron chi connectivity index (χ3n) is 8.75. The Bertz CT molecular complexity index is 2470. The predicted molar refractivity (Wildman–Crippen MR) is 188 cm³/mol. The minimum atomic E-state index is 0.875. The fourth-order valence-electron chi connectivity index (χ4n) is 6.77. The molecule has 0 saturated carbocycles. The lowest BCUT2D eigenvalue weighted by molar-refractivity contribution is 0.669. The number of anilines is 3. The van der Waals surface area contributed by atoms with Crippen LogP contribution in [0.3, 0.4) is 0 Å². The lowest BCUT2D eigenvalue weighted by atomic mass is 9.99. The molecule has 9 rings (SSSR count). The van der Waals surface area contributed by atoms with Crippen LogP contribution in [0.15, 0.2) is 174 Å². The van der Waals surface area contributed by atoms with Gasteiger partial charge in [-0.15, -0.1) is 0 Å². The van der Waals surface area contributed by atoms with E-state index in [1.807, 2.05) is 12.1 Å². The zero-order chi connectivity index (χ0) is 29.7. The van der Waals surface area contributed by atoms with Crippen molar-refractivity contribution in [1.29, 1.82) is 0 Å². The Morgan fingerprint density at radius 1 is 0.422 bits per heavy atom. The normalized spacial score (nSPS) is 11.6. The molecule has 0 atom stereocenters. The number of fused-ring (bicyclic) bond motifs is 6. The Kier molecular flexibility index (Phi) is 5.82. The summed E-state index contributed by atoms with van der Waals surface area (Å²) in [5.74, 6) is 0. The second-order valence-electron chi connectivity index (χ2n) is 11.4. The van der Waals surface area contributed by atoms with Crippen LogP contribution in [0.5, 0.6) is 0 Å². The van der Waals surface area contributed by atoms with Gasteiger partial charge in [-0.1, -0.05) is 103 Å². The van der Waals surface area contributed by atoms with Crippen LogP contribution < -0.4 is 4.90 Å². The molecule has 0 aliphatic heterocycles. The molecule has 9 aromatic rings. The molecule has 0 aliphatic carbocycles. The Hall–Kier alpha value is -6.06. The molecule has 212 valence electrons. The van der Waals surface area contributed by atoms with Crippen molar-refractivity contribution < 1.29 is 4.42 Å². The van der Waals surface area contributed by atoms with Crippen LogP contribution in [0.1, 0.15) is 0 Å². The van der Waals surface area contributed by atoms with E-state index >= 15 is 0 Å². The fourth-order valence-corrected chi connectivity index (χ4v) is 6.77. The van der Waals surface area contributed by atoms with Crippen LogP contribution in [-0.4, -0.2) is 4.57 Å². The number of nitrogens with zero attached hydrogens (tertiary/aromatic N) is 2. The zero-order valence-corrected chi connectivity index (χ0v) is 24.5. The molecule has 0 saturated heterocycles. The van der Waals surface area contributed by atoms with Gasteiger partial charge >= 0.3 is 0 Å². The highest BCUT2D eigenvalue weighted by atomic mass is 16.3. The molecule has 3 nitrogen and oxygen atoms in total. The van der Waals surface area contributed by atoms with Gasteiger partial charge in [0.15, 0.2) is 0 Å². The molecule has 0 amide bonds. The van der Waals surface area contributed by atoms with Crippen molar-refractivity contribution in [3.63, 3.8) is 0 Å². The molecule has 7 aromatic carbocycles. The Morgan fingerprint density at radius 3 is 1.87 bits per heavy atom. The minimum absolute atomic E-state index is 0.875. The number of para-hydroxylation sites is 4. The van der Waals surface area contributed by atoms with Crippen molar-refractivity contribution in [1.82, 2.24) is 4.57 Å². The Morgan fingerprint density at radius 2 is 1.07 bits per heavy atom. The molecule has 0 N–H and O–H groups in total. The largest absolute Gasteiger partial charge is 0.456 e. The lowest BCUT2D eigenvalue weighted by Gasteiger charge is -2.26. The van der Waals surface area contributed by atoms with Gasteiger partial charge in [0.25, 0.3) is 0 Å². The van der Waals surface area contributed by atoms with Crippen molar-refractivity contribution in [3.8, 4) is 16.8 Å². The highest BCUT2D eigenvalue weighted by molar-refractivity contribution is 6.15. The van der Waals surface area contributed by atoms with E-state index in [1.54, 1.807) is 0 Å². The molecule has 45 heavy (non-hydrogen) atoms. The number of benzene rings is 7. The average Bonchev–Trinajstić information content (AvgIpc) is 3.65. The molecule has 0 unspecified atom stereocenters. The first-order valence-electron chi connectivity index (χ1n) is 15.3. The number of hydrogen-bond acceptors (Lipinski definition) is 2. The molecular weight excluding hydrogens is 548 g/mol. The summed E-state index contributed by atoms with van der Waals surface area (Å²) in [4.78, 5) is 2.34. The average molecular weight is 577 g/mol. The molecule has 2 aromatic heterocycles. The second-order valence-corrected chi connectivity index (χ2v) is 11.4. The SMILES string of the molecule is c1ccc(-c2cc(N(c3ccccc3)c3ccc4c(c3)oc3ccccc34)cc3c4ccccc4n(-c4ccccc4)c23)cc1. The minimum Gasteiger partial charge on any atom is -0.456 e. The summed E-state index contributed by atoms with van der Waals surface area (Å²) in [5, 5.41) is 4.67. The number of rotatable bonds is 5. The summed E-state index contributed by atoms with van der Waals surface area (Å²) < 4.78 is 8.77. The van der Waals surface area contributed by atoms with Gasteiger partial charge in [-0.3, -0.25) is 0 Å². The highest BCUT2D eigenvalue weighted by Gasteiger charge is 2.22. The van der Waals surface area contributed by atoms with Crippen LogP contribution in [0, 0.1) is 0 Å². The Balaban J connectivity index is 1.37. The zero-order valence-electron chi connectivity index (χ0n) is 24.5. The number of furan rings is 1. The molecule has 0 radical (unpaired) electrons. The first-order chi connectivity index (χ1) is 22.3. The summed E-state index contributed by atoms with van der Waals surface area (Å²) in [5.41, 5.74) is 10.8. The van der Waals surface area contributed by atoms with Gasteiger partial charge in [-0.25, -0.2) is 0 Å². The molecule has 0 aliphatic rings. The van der Waals surface area contributed by atoms with Gasteiger partial charge < -0.3 is 13.9 Å². The summed E-state index contributed by atoms with van der Waals surface area (Å²) in [6.45, 7) is 0. The molecule has 0 fully saturated rings. The maximum Gasteiger partial charge on any atom is 0.137 e. The first kappa shape index (κ1) is 25.4. The monoisotopic (exact) mass is 576 g/mol. The van der Waals surface area contributed by atoms with Crippen molar-refractivity contribution in [3.05, 3.63) is 170 Å². The standard InChI is InChI=1S/C42H28N2O/c1-4-14-29(15-5-1)37-26-33(27-38-34-20-10-12-22-39(34)44(42(37)38)31-18-8-3-9-19-31)43(30-16-6-2-7-17-30)32-24-25-36-35-21-11-13-23-40(35)45-41(36)28-32/h1-28H. The van der Waals surface area contributed by atoms with E-state index in [9.17, 15) is 0 Å². The number of aromatic nitrogens is 1. The highest BCUT2D eigenvalue weighted by Crippen LogP contribution is 2.45. The quantitative estimate of drug-likeness (QED) is 0.203. The van der Waals surface area contributed by atoms with Crippen LogP contribution in [0.4, 0.5) is 17.1 Å². The van der Waals surface area contributed by atoms with E-state index in [0.29, 0.717) is 0 Å². The van der Waals surface area contributed by atoms with E-state index in [1.165, 1.54) is 32.9 Å². The molecule has 2 heterocycles. The van der Waals surface area contributed by atoms with Crippen LogP contribution in [-0.2, 0) is 0 Å². The van der Waals surface area contributed by atoms with E-state index in [2.05, 4.69) is 167 Å². The van der Waals surface area contributed by atoms with Crippen LogP contribution in [0.25, 0.3) is 60.6 Å². The molecule has 3 heteroatoms. The topological polar surface area (TPSA) is 21.3 Å². The summed E-state index contributed by atoms with van der Waals surface area (Å²) >= 11 is 0. The van der Waals surface area contributed by atoms with E-state index < -0.39 is 0 Å². The third-order valence-corrected chi connectivity index (χ3v) is 8.75. The van der Waals surface area contributed by atoms with E-state index in [0.717, 1.165) is 44.7 Å². The smallest absolute Gasteiger partial charge is 0.137 e. The maximum absolute atomic E-state index is 6.36. The maximum atomic E-state index is 6.36. The van der Waals surface area contributed by atoms with Crippen molar-refractivity contribution in [2.45, 2.75) is 0 Å². The Labute approximate surface area is 260 Å². The lowest BCUT2D eigenvalue weighted by Crippen LogP contribution is -2.10. The van der Waals surface area contributed by atoms with Gasteiger partial charge in [-0.2, -0.15) is 0 Å². The first-order valence-corrected chi connectivity index (χ1v) is 15.3. The van der Waals surface area contributed by atoms with Crippen LogP contribution >= 0.6 is 0 Å². The predicted octanol–water partition coefficient (Wildman–Crippen LogP) is 11.8. The van der Waals surface area contributed by atoms with Gasteiger partial charge in [0.1, 0.15) is 11.2 Å². The van der Waals surface area contributed by atoms with Gasteiger partial charge in [0.2, 0.25) is 0 Å². The van der Waals surface area contributed by atoms with Gasteiger partial charge in [0.05, 0.1) is 11.0 Å². The van der Waals surface area contributed by atoms with Gasteiger partial charge in [0, 0.05) is 55.9 Å². The van der Waals surface area contributed by atoms with Crippen molar-refractivity contribution in [2.24, 2.45) is 0 Å².